The van der Waals surface area contributed by atoms with Crippen molar-refractivity contribution in [1.29, 1.82) is 0 Å². The Hall–Kier alpha value is -1.81. The molecule has 21 heavy (non-hydrogen) atoms. The second-order valence-corrected chi connectivity index (χ2v) is 5.48. The Morgan fingerprint density at radius 1 is 1.24 bits per heavy atom. The van der Waals surface area contributed by atoms with Crippen molar-refractivity contribution in [3.05, 3.63) is 47.8 Å². The highest BCUT2D eigenvalue weighted by molar-refractivity contribution is 5.27. The summed E-state index contributed by atoms with van der Waals surface area (Å²) in [4.78, 5) is 0. The van der Waals surface area contributed by atoms with Gasteiger partial charge in [0, 0.05) is 12.6 Å². The molecule has 2 aromatic rings. The summed E-state index contributed by atoms with van der Waals surface area (Å²) in [5, 5.41) is 7.73. The molecule has 1 aromatic carbocycles. The predicted molar refractivity (Wildman–Crippen MR) is 85.4 cm³/mol. The summed E-state index contributed by atoms with van der Waals surface area (Å²) >= 11 is 0. The van der Waals surface area contributed by atoms with E-state index in [2.05, 4.69) is 55.5 Å². The van der Waals surface area contributed by atoms with E-state index < -0.39 is 0 Å². The zero-order valence-corrected chi connectivity index (χ0v) is 13.2. The maximum Gasteiger partial charge on any atom is 0.157 e. The van der Waals surface area contributed by atoms with E-state index in [9.17, 15) is 0 Å². The molecule has 0 unspecified atom stereocenters. The number of aromatic nitrogens is 2. The zero-order chi connectivity index (χ0) is 15.1. The minimum Gasteiger partial charge on any atom is -0.486 e. The highest BCUT2D eigenvalue weighted by atomic mass is 16.5. The zero-order valence-electron chi connectivity index (χ0n) is 13.2. The third-order valence-electron chi connectivity index (χ3n) is 3.36. The minimum atomic E-state index is 0.355. The van der Waals surface area contributed by atoms with Crippen LogP contribution in [-0.4, -0.2) is 16.3 Å². The van der Waals surface area contributed by atoms with Gasteiger partial charge in [0.25, 0.3) is 0 Å². The number of nitrogens with zero attached hydrogens (tertiary/aromatic N) is 2. The van der Waals surface area contributed by atoms with E-state index in [4.69, 9.17) is 4.74 Å². The largest absolute Gasteiger partial charge is 0.486 e. The number of rotatable bonds is 8. The second-order valence-electron chi connectivity index (χ2n) is 5.48. The molecule has 0 fully saturated rings. The highest BCUT2D eigenvalue weighted by Gasteiger charge is 2.05. The van der Waals surface area contributed by atoms with Gasteiger partial charge in [-0.15, -0.1) is 0 Å². The highest BCUT2D eigenvalue weighted by Crippen LogP contribution is 2.16. The molecule has 0 spiro atoms. The molecule has 2 rings (SSSR count). The van der Waals surface area contributed by atoms with E-state index in [0.717, 1.165) is 25.3 Å². The molecule has 4 heteroatoms. The van der Waals surface area contributed by atoms with Gasteiger partial charge in [0.05, 0.1) is 12.4 Å². The van der Waals surface area contributed by atoms with Crippen LogP contribution in [0.25, 0.3) is 0 Å². The predicted octanol–water partition coefficient (Wildman–Crippen LogP) is 3.54. The SMILES string of the molecule is CCCNCc1ccccc1COc1cnn(C(C)C)c1. The third-order valence-corrected chi connectivity index (χ3v) is 3.36. The van der Waals surface area contributed by atoms with Gasteiger partial charge in [-0.2, -0.15) is 5.10 Å². The summed E-state index contributed by atoms with van der Waals surface area (Å²) < 4.78 is 7.77. The molecular weight excluding hydrogens is 262 g/mol. The lowest BCUT2D eigenvalue weighted by molar-refractivity contribution is 0.304. The molecule has 0 atom stereocenters. The van der Waals surface area contributed by atoms with Crippen molar-refractivity contribution in [2.75, 3.05) is 6.54 Å². The first-order chi connectivity index (χ1) is 10.2. The second kappa shape index (κ2) is 7.84. The number of ether oxygens (including phenoxy) is 1. The van der Waals surface area contributed by atoms with Crippen LogP contribution in [-0.2, 0) is 13.2 Å². The van der Waals surface area contributed by atoms with E-state index in [1.54, 1.807) is 6.20 Å². The van der Waals surface area contributed by atoms with E-state index >= 15 is 0 Å². The Labute approximate surface area is 127 Å². The van der Waals surface area contributed by atoms with Gasteiger partial charge in [-0.1, -0.05) is 31.2 Å². The molecule has 1 N–H and O–H groups in total. The fraction of sp³-hybridized carbons (Fsp3) is 0.471. The lowest BCUT2D eigenvalue weighted by atomic mass is 10.1. The molecule has 0 bridgehead atoms. The van der Waals surface area contributed by atoms with Crippen molar-refractivity contribution >= 4 is 0 Å². The Morgan fingerprint density at radius 3 is 2.67 bits per heavy atom. The van der Waals surface area contributed by atoms with Gasteiger partial charge in [0.2, 0.25) is 0 Å². The molecule has 0 aliphatic rings. The summed E-state index contributed by atoms with van der Waals surface area (Å²) in [5.74, 6) is 0.819. The van der Waals surface area contributed by atoms with Crippen LogP contribution in [0.1, 0.15) is 44.4 Å². The van der Waals surface area contributed by atoms with Gasteiger partial charge in [0.15, 0.2) is 5.75 Å². The first-order valence-electron chi connectivity index (χ1n) is 7.65. The maximum absolute atomic E-state index is 5.86. The monoisotopic (exact) mass is 287 g/mol. The van der Waals surface area contributed by atoms with Gasteiger partial charge < -0.3 is 10.1 Å². The Morgan fingerprint density at radius 2 is 2.00 bits per heavy atom. The van der Waals surface area contributed by atoms with Crippen LogP contribution in [0.3, 0.4) is 0 Å². The lowest BCUT2D eigenvalue weighted by Crippen LogP contribution is -2.15. The lowest BCUT2D eigenvalue weighted by Gasteiger charge is -2.11. The van der Waals surface area contributed by atoms with Crippen LogP contribution < -0.4 is 10.1 Å². The van der Waals surface area contributed by atoms with Crippen molar-refractivity contribution in [3.8, 4) is 5.75 Å². The van der Waals surface area contributed by atoms with Crippen LogP contribution in [0.15, 0.2) is 36.7 Å². The maximum atomic E-state index is 5.86. The molecule has 0 saturated heterocycles. The van der Waals surface area contributed by atoms with Crippen LogP contribution in [0.5, 0.6) is 5.75 Å². The van der Waals surface area contributed by atoms with Crippen molar-refractivity contribution in [3.63, 3.8) is 0 Å². The third kappa shape index (κ3) is 4.60. The molecular formula is C17H25N3O. The molecule has 0 amide bonds. The molecule has 0 aliphatic carbocycles. The Kier molecular flexibility index (Phi) is 5.81. The summed E-state index contributed by atoms with van der Waals surface area (Å²) in [6.07, 6.45) is 4.87. The summed E-state index contributed by atoms with van der Waals surface area (Å²) in [7, 11) is 0. The average molecular weight is 287 g/mol. The van der Waals surface area contributed by atoms with Crippen LogP contribution in [0, 0.1) is 0 Å². The van der Waals surface area contributed by atoms with Crippen molar-refractivity contribution < 1.29 is 4.74 Å². The quantitative estimate of drug-likeness (QED) is 0.755. The Balaban J connectivity index is 1.95. The van der Waals surface area contributed by atoms with E-state index in [1.165, 1.54) is 11.1 Å². The van der Waals surface area contributed by atoms with Crippen molar-refractivity contribution in [2.45, 2.75) is 46.4 Å². The fourth-order valence-electron chi connectivity index (χ4n) is 2.11. The van der Waals surface area contributed by atoms with Gasteiger partial charge in [-0.25, -0.2) is 0 Å². The molecule has 1 heterocycles. The number of benzene rings is 1. The van der Waals surface area contributed by atoms with Gasteiger partial charge >= 0.3 is 0 Å². The summed E-state index contributed by atoms with van der Waals surface area (Å²) in [5.41, 5.74) is 2.51. The Bertz CT molecular complexity index is 548. The number of hydrogen-bond acceptors (Lipinski definition) is 3. The average Bonchev–Trinajstić information content (AvgIpc) is 2.96. The molecule has 0 radical (unpaired) electrons. The van der Waals surface area contributed by atoms with Crippen molar-refractivity contribution in [2.24, 2.45) is 0 Å². The molecule has 4 nitrogen and oxygen atoms in total. The summed E-state index contributed by atoms with van der Waals surface area (Å²) in [6, 6.07) is 8.75. The molecule has 1 aromatic heterocycles. The van der Waals surface area contributed by atoms with Gasteiger partial charge in [-0.05, 0) is 37.9 Å². The van der Waals surface area contributed by atoms with Crippen LogP contribution in [0.2, 0.25) is 0 Å². The van der Waals surface area contributed by atoms with Crippen LogP contribution in [0.4, 0.5) is 0 Å². The minimum absolute atomic E-state index is 0.355. The standard InChI is InChI=1S/C17H25N3O/c1-4-9-18-10-15-7-5-6-8-16(15)13-21-17-11-19-20(12-17)14(2)3/h5-8,11-12,14,18H,4,9-10,13H2,1-3H3. The topological polar surface area (TPSA) is 39.1 Å². The molecule has 0 aliphatic heterocycles. The molecule has 0 saturated carbocycles. The number of hydrogen-bond donors (Lipinski definition) is 1. The normalized spacial score (nSPS) is 11.0. The van der Waals surface area contributed by atoms with E-state index in [-0.39, 0.29) is 0 Å². The first kappa shape index (κ1) is 15.6. The molecule has 114 valence electrons. The summed E-state index contributed by atoms with van der Waals surface area (Å²) in [6.45, 7) is 8.88. The van der Waals surface area contributed by atoms with E-state index in [1.807, 2.05) is 10.9 Å². The van der Waals surface area contributed by atoms with Gasteiger partial charge in [0.1, 0.15) is 6.61 Å². The van der Waals surface area contributed by atoms with Gasteiger partial charge in [-0.3, -0.25) is 4.68 Å². The smallest absolute Gasteiger partial charge is 0.157 e. The first-order valence-corrected chi connectivity index (χ1v) is 7.65. The number of nitrogens with one attached hydrogen (secondary N) is 1. The van der Waals surface area contributed by atoms with E-state index in [0.29, 0.717) is 12.6 Å². The fourth-order valence-corrected chi connectivity index (χ4v) is 2.11. The van der Waals surface area contributed by atoms with Crippen molar-refractivity contribution in [1.82, 2.24) is 15.1 Å². The van der Waals surface area contributed by atoms with Crippen LogP contribution >= 0.6 is 0 Å².